The van der Waals surface area contributed by atoms with Crippen LogP contribution in [0.2, 0.25) is 0 Å². The molecule has 1 aromatic carbocycles. The second kappa shape index (κ2) is 11.6. The number of carbonyl (C=O) groups excluding carboxylic acids is 3. The summed E-state index contributed by atoms with van der Waals surface area (Å²) in [5.41, 5.74) is 2.65. The molecule has 3 rings (SSSR count). The average molecular weight is 412 g/mol. The fraction of sp³-hybridized carbons (Fsp3) is 0.542. The topological polar surface area (TPSA) is 78.5 Å². The number of hydrogen-bond donors (Lipinski definition) is 2. The molecule has 0 spiro atoms. The molecule has 0 aromatic heterocycles. The van der Waals surface area contributed by atoms with Crippen LogP contribution in [0.25, 0.3) is 0 Å². The van der Waals surface area contributed by atoms with Gasteiger partial charge in [0.1, 0.15) is 12.0 Å². The van der Waals surface area contributed by atoms with E-state index >= 15 is 0 Å². The number of piperidine rings is 1. The molecule has 2 N–H and O–H groups in total. The Morgan fingerprint density at radius 3 is 2.40 bits per heavy atom. The lowest BCUT2D eigenvalue weighted by Crippen LogP contribution is -2.36. The Kier molecular flexibility index (Phi) is 8.63. The first kappa shape index (κ1) is 22.2. The van der Waals surface area contributed by atoms with Crippen molar-refractivity contribution in [3.05, 3.63) is 41.6 Å². The highest BCUT2D eigenvalue weighted by molar-refractivity contribution is 6.08. The van der Waals surface area contributed by atoms with Crippen LogP contribution in [-0.2, 0) is 14.4 Å². The summed E-state index contributed by atoms with van der Waals surface area (Å²) in [4.78, 5) is 35.9. The van der Waals surface area contributed by atoms with E-state index in [-0.39, 0.29) is 18.2 Å². The highest BCUT2D eigenvalue weighted by atomic mass is 16.2. The molecule has 2 heterocycles. The Labute approximate surface area is 179 Å². The molecule has 1 saturated heterocycles. The molecule has 0 saturated carbocycles. The molecule has 1 aromatic rings. The normalized spacial score (nSPS) is 18.1. The van der Waals surface area contributed by atoms with E-state index in [2.05, 4.69) is 27.7 Å². The number of imide groups is 1. The largest absolute Gasteiger partial charge is 0.351 e. The number of nitrogens with one attached hydrogen (secondary N) is 2. The van der Waals surface area contributed by atoms with Gasteiger partial charge in [-0.15, -0.1) is 0 Å². The lowest BCUT2D eigenvalue weighted by Gasteiger charge is -2.32. The minimum absolute atomic E-state index is 0.227. The predicted molar refractivity (Wildman–Crippen MR) is 118 cm³/mol. The van der Waals surface area contributed by atoms with Crippen LogP contribution in [0.15, 0.2) is 36.0 Å². The Hall–Kier alpha value is -2.47. The number of unbranched alkanes of at least 4 members (excludes halogenated alkanes) is 5. The van der Waals surface area contributed by atoms with E-state index in [4.69, 9.17) is 0 Å². The smallest absolute Gasteiger partial charge is 0.273 e. The van der Waals surface area contributed by atoms with Crippen LogP contribution in [0, 0.1) is 0 Å². The van der Waals surface area contributed by atoms with Gasteiger partial charge in [-0.1, -0.05) is 31.4 Å². The van der Waals surface area contributed by atoms with Crippen LogP contribution < -0.4 is 10.6 Å². The first-order chi connectivity index (χ1) is 14.7. The molecular formula is C24H33N3O3. The summed E-state index contributed by atoms with van der Waals surface area (Å²) in [6, 6.07) is 8.32. The fourth-order valence-corrected chi connectivity index (χ4v) is 4.22. The summed E-state index contributed by atoms with van der Waals surface area (Å²) in [6.45, 7) is 3.48. The van der Waals surface area contributed by atoms with Gasteiger partial charge < -0.3 is 15.0 Å². The second-order valence-electron chi connectivity index (χ2n) is 8.29. The van der Waals surface area contributed by atoms with Crippen molar-refractivity contribution in [2.45, 2.75) is 63.7 Å². The third-order valence-electron chi connectivity index (χ3n) is 6.03. The molecule has 0 radical (unpaired) electrons. The Balaban J connectivity index is 1.37. The van der Waals surface area contributed by atoms with E-state index in [1.54, 1.807) is 6.08 Å². The van der Waals surface area contributed by atoms with Gasteiger partial charge in [0.25, 0.3) is 5.91 Å². The van der Waals surface area contributed by atoms with Gasteiger partial charge in [-0.2, -0.15) is 0 Å². The maximum atomic E-state index is 11.8. The Morgan fingerprint density at radius 2 is 1.70 bits per heavy atom. The summed E-state index contributed by atoms with van der Waals surface area (Å²) in [5, 5.41) is 5.42. The van der Waals surface area contributed by atoms with Crippen molar-refractivity contribution in [2.75, 3.05) is 25.0 Å². The van der Waals surface area contributed by atoms with Crippen molar-refractivity contribution in [1.82, 2.24) is 10.2 Å². The minimum Gasteiger partial charge on any atom is -0.351 e. The number of carbonyl (C=O) groups is 3. The van der Waals surface area contributed by atoms with Gasteiger partial charge >= 0.3 is 0 Å². The first-order valence-electron chi connectivity index (χ1n) is 11.2. The molecule has 6 nitrogen and oxygen atoms in total. The SMILES string of the molecule is O=CCCCCCCCN1CCC(c2ccc(NC3=CCC(=O)NC3=O)cc2)CC1. The average Bonchev–Trinajstić information content (AvgIpc) is 2.76. The van der Waals surface area contributed by atoms with Gasteiger partial charge in [0.05, 0.1) is 0 Å². The van der Waals surface area contributed by atoms with Gasteiger partial charge in [-0.05, 0) is 75.0 Å². The van der Waals surface area contributed by atoms with E-state index in [9.17, 15) is 14.4 Å². The summed E-state index contributed by atoms with van der Waals surface area (Å²) in [7, 11) is 0. The van der Waals surface area contributed by atoms with Crippen molar-refractivity contribution in [1.29, 1.82) is 0 Å². The van der Waals surface area contributed by atoms with Gasteiger partial charge in [0, 0.05) is 18.5 Å². The lowest BCUT2D eigenvalue weighted by atomic mass is 9.89. The van der Waals surface area contributed by atoms with Crippen molar-refractivity contribution in [3.63, 3.8) is 0 Å². The number of amides is 2. The Morgan fingerprint density at radius 1 is 1.00 bits per heavy atom. The summed E-state index contributed by atoms with van der Waals surface area (Å²) < 4.78 is 0. The van der Waals surface area contributed by atoms with Gasteiger partial charge in [-0.3, -0.25) is 14.9 Å². The maximum Gasteiger partial charge on any atom is 0.273 e. The third kappa shape index (κ3) is 6.80. The summed E-state index contributed by atoms with van der Waals surface area (Å²) in [6.07, 6.45) is 11.9. The molecule has 2 aliphatic rings. The van der Waals surface area contributed by atoms with Crippen molar-refractivity contribution < 1.29 is 14.4 Å². The van der Waals surface area contributed by atoms with E-state index in [0.29, 0.717) is 18.0 Å². The first-order valence-corrected chi connectivity index (χ1v) is 11.2. The van der Waals surface area contributed by atoms with Gasteiger partial charge in [0.15, 0.2) is 0 Å². The molecule has 2 aliphatic heterocycles. The number of benzene rings is 1. The van der Waals surface area contributed by atoms with Crippen LogP contribution in [0.3, 0.4) is 0 Å². The standard InChI is InChI=1S/C24H33N3O3/c28-18-6-4-2-1-3-5-15-27-16-13-20(14-17-27)19-7-9-21(10-8-19)25-22-11-12-23(29)26-24(22)30/h7-11,18,20,25H,1-6,12-17H2,(H,26,29,30). The highest BCUT2D eigenvalue weighted by Gasteiger charge is 2.21. The zero-order valence-corrected chi connectivity index (χ0v) is 17.7. The van der Waals surface area contributed by atoms with E-state index in [1.807, 2.05) is 12.1 Å². The number of nitrogens with zero attached hydrogens (tertiary/aromatic N) is 1. The van der Waals surface area contributed by atoms with Crippen LogP contribution in [0.5, 0.6) is 0 Å². The molecule has 1 fully saturated rings. The summed E-state index contributed by atoms with van der Waals surface area (Å²) >= 11 is 0. The lowest BCUT2D eigenvalue weighted by molar-refractivity contribution is -0.128. The predicted octanol–water partition coefficient (Wildman–Crippen LogP) is 3.75. The van der Waals surface area contributed by atoms with E-state index < -0.39 is 0 Å². The molecule has 6 heteroatoms. The number of rotatable bonds is 11. The summed E-state index contributed by atoms with van der Waals surface area (Å²) in [5.74, 6) is -0.0426. The fourth-order valence-electron chi connectivity index (χ4n) is 4.22. The van der Waals surface area contributed by atoms with Crippen LogP contribution in [0.4, 0.5) is 5.69 Å². The molecule has 0 atom stereocenters. The second-order valence-corrected chi connectivity index (χ2v) is 8.29. The van der Waals surface area contributed by atoms with E-state index in [1.165, 1.54) is 50.6 Å². The monoisotopic (exact) mass is 411 g/mol. The zero-order chi connectivity index (χ0) is 21.2. The number of hydrogen-bond acceptors (Lipinski definition) is 5. The molecule has 2 amide bonds. The number of aldehydes is 1. The quantitative estimate of drug-likeness (QED) is 0.329. The molecular weight excluding hydrogens is 378 g/mol. The van der Waals surface area contributed by atoms with Crippen molar-refractivity contribution >= 4 is 23.8 Å². The van der Waals surface area contributed by atoms with Gasteiger partial charge in [0.2, 0.25) is 5.91 Å². The molecule has 162 valence electrons. The van der Waals surface area contributed by atoms with Crippen LogP contribution in [0.1, 0.15) is 69.3 Å². The minimum atomic E-state index is -0.372. The Bertz CT molecular complexity index is 749. The molecule has 0 bridgehead atoms. The highest BCUT2D eigenvalue weighted by Crippen LogP contribution is 2.29. The van der Waals surface area contributed by atoms with Crippen LogP contribution >= 0.6 is 0 Å². The zero-order valence-electron chi connectivity index (χ0n) is 17.7. The molecule has 0 aliphatic carbocycles. The van der Waals surface area contributed by atoms with E-state index in [0.717, 1.165) is 31.5 Å². The number of anilines is 1. The van der Waals surface area contributed by atoms with Crippen LogP contribution in [-0.4, -0.2) is 42.6 Å². The third-order valence-corrected chi connectivity index (χ3v) is 6.03. The number of likely N-dealkylation sites (tertiary alicyclic amines) is 1. The molecule has 30 heavy (non-hydrogen) atoms. The van der Waals surface area contributed by atoms with Crippen molar-refractivity contribution in [3.8, 4) is 0 Å². The van der Waals surface area contributed by atoms with Crippen molar-refractivity contribution in [2.24, 2.45) is 0 Å². The maximum absolute atomic E-state index is 11.8. The van der Waals surface area contributed by atoms with Gasteiger partial charge in [-0.25, -0.2) is 0 Å². The molecule has 0 unspecified atom stereocenters.